The molecule has 0 aliphatic rings. The number of methoxy groups -OCH3 is 4. The van der Waals surface area contributed by atoms with Crippen LogP contribution in [0.4, 0.5) is 0 Å². The molecule has 12 heteroatoms. The van der Waals surface area contributed by atoms with Crippen LogP contribution in [0.25, 0.3) is 0 Å². The molecule has 224 valence electrons. The third kappa shape index (κ3) is 8.72. The van der Waals surface area contributed by atoms with E-state index in [0.29, 0.717) is 17.5 Å². The SMILES string of the molecule is CCc1cc(C(=O)OC)ccc1C(=O)OC.COC(=O)c1ccc(C(=O)OC)c(COS(=O)(=O)c2ccc(C)cc2)c1. The highest BCUT2D eigenvalue weighted by Crippen LogP contribution is 2.20. The smallest absolute Gasteiger partial charge is 0.338 e. The second-order valence-corrected chi connectivity index (χ2v) is 10.2. The second kappa shape index (κ2) is 15.5. The lowest BCUT2D eigenvalue weighted by Gasteiger charge is -2.11. The van der Waals surface area contributed by atoms with Crippen molar-refractivity contribution in [1.29, 1.82) is 0 Å². The third-order valence-electron chi connectivity index (χ3n) is 5.92. The van der Waals surface area contributed by atoms with Crippen LogP contribution >= 0.6 is 0 Å². The first kappa shape index (κ1) is 33.7. The van der Waals surface area contributed by atoms with Crippen LogP contribution in [-0.4, -0.2) is 60.7 Å². The fourth-order valence-electron chi connectivity index (χ4n) is 3.62. The zero-order valence-electron chi connectivity index (χ0n) is 24.1. The largest absolute Gasteiger partial charge is 0.465 e. The molecule has 3 rings (SSSR count). The summed E-state index contributed by atoms with van der Waals surface area (Å²) < 4.78 is 48.2. The Morgan fingerprint density at radius 3 is 1.48 bits per heavy atom. The first-order valence-corrected chi connectivity index (χ1v) is 13.9. The number of carbonyl (C=O) groups is 4. The van der Waals surface area contributed by atoms with Crippen LogP contribution in [0.3, 0.4) is 0 Å². The van der Waals surface area contributed by atoms with Crippen molar-refractivity contribution in [3.63, 3.8) is 0 Å². The van der Waals surface area contributed by atoms with Crippen LogP contribution in [0.5, 0.6) is 0 Å². The molecule has 0 heterocycles. The summed E-state index contributed by atoms with van der Waals surface area (Å²) in [6, 6.07) is 15.0. The fourth-order valence-corrected chi connectivity index (χ4v) is 4.51. The van der Waals surface area contributed by atoms with Crippen molar-refractivity contribution in [3.05, 3.63) is 99.6 Å². The van der Waals surface area contributed by atoms with Crippen LogP contribution in [0, 0.1) is 6.92 Å². The number of hydrogen-bond donors (Lipinski definition) is 0. The number of esters is 4. The number of ether oxygens (including phenoxy) is 4. The van der Waals surface area contributed by atoms with Gasteiger partial charge in [0.05, 0.1) is 62.2 Å². The van der Waals surface area contributed by atoms with Crippen LogP contribution < -0.4 is 0 Å². The van der Waals surface area contributed by atoms with Crippen molar-refractivity contribution in [1.82, 2.24) is 0 Å². The normalized spacial score (nSPS) is 10.5. The minimum atomic E-state index is -4.03. The molecule has 3 aromatic rings. The van der Waals surface area contributed by atoms with Gasteiger partial charge < -0.3 is 18.9 Å². The highest BCUT2D eigenvalue weighted by atomic mass is 32.2. The molecule has 0 fully saturated rings. The van der Waals surface area contributed by atoms with Crippen molar-refractivity contribution < 1.29 is 50.7 Å². The lowest BCUT2D eigenvalue weighted by Crippen LogP contribution is -2.12. The Balaban J connectivity index is 0.000000330. The number of benzene rings is 3. The Kier molecular flexibility index (Phi) is 12.4. The average Bonchev–Trinajstić information content (AvgIpc) is 3.02. The molecule has 0 aliphatic carbocycles. The third-order valence-corrected chi connectivity index (χ3v) is 7.20. The standard InChI is InChI=1S/C18H18O7S.C12H14O4/c1-12-4-7-15(8-5-12)26(21,22)25-11-14-10-13(17(19)23-2)6-9-16(14)18(20)24-3;1-4-8-7-9(11(13)15-2)5-6-10(8)12(14)16-3/h4-10H,11H2,1-3H3;5-7H,4H2,1-3H3. The number of rotatable bonds is 9. The first-order valence-electron chi connectivity index (χ1n) is 12.5. The summed E-state index contributed by atoms with van der Waals surface area (Å²) in [6.45, 7) is 3.30. The zero-order valence-corrected chi connectivity index (χ0v) is 24.9. The van der Waals surface area contributed by atoms with E-state index < -0.39 is 40.6 Å². The van der Waals surface area contributed by atoms with E-state index in [1.807, 2.05) is 13.8 Å². The highest BCUT2D eigenvalue weighted by Gasteiger charge is 2.20. The van der Waals surface area contributed by atoms with Gasteiger partial charge in [0.2, 0.25) is 0 Å². The molecule has 0 spiro atoms. The van der Waals surface area contributed by atoms with Crippen LogP contribution in [0.15, 0.2) is 65.6 Å². The summed E-state index contributed by atoms with van der Waals surface area (Å²) in [6.07, 6.45) is 0.648. The Bertz CT molecular complexity index is 1540. The van der Waals surface area contributed by atoms with Crippen molar-refractivity contribution in [3.8, 4) is 0 Å². The second-order valence-electron chi connectivity index (χ2n) is 8.59. The van der Waals surface area contributed by atoms with Crippen LogP contribution in [0.1, 0.15) is 65.0 Å². The Morgan fingerprint density at radius 1 is 0.619 bits per heavy atom. The molecule has 0 atom stereocenters. The molecular formula is C30H32O11S. The lowest BCUT2D eigenvalue weighted by molar-refractivity contribution is 0.0584. The first-order chi connectivity index (χ1) is 19.9. The summed E-state index contributed by atoms with van der Waals surface area (Å²) in [5, 5.41) is 0. The van der Waals surface area contributed by atoms with Gasteiger partial charge in [-0.2, -0.15) is 8.42 Å². The van der Waals surface area contributed by atoms with Gasteiger partial charge in [-0.25, -0.2) is 19.2 Å². The monoisotopic (exact) mass is 600 g/mol. The molecule has 0 aliphatic heterocycles. The van der Waals surface area contributed by atoms with Crippen molar-refractivity contribution >= 4 is 34.0 Å². The van der Waals surface area contributed by atoms with Gasteiger partial charge in [0.1, 0.15) is 0 Å². The lowest BCUT2D eigenvalue weighted by atomic mass is 10.0. The molecule has 0 saturated heterocycles. The van der Waals surface area contributed by atoms with Gasteiger partial charge in [0, 0.05) is 0 Å². The van der Waals surface area contributed by atoms with Crippen molar-refractivity contribution in [2.45, 2.75) is 31.8 Å². The van der Waals surface area contributed by atoms with E-state index in [0.717, 1.165) is 11.1 Å². The van der Waals surface area contributed by atoms with E-state index >= 15 is 0 Å². The molecule has 0 bridgehead atoms. The van der Waals surface area contributed by atoms with Gasteiger partial charge >= 0.3 is 23.9 Å². The topological polar surface area (TPSA) is 149 Å². The number of aryl methyl sites for hydroxylation is 2. The molecule has 0 radical (unpaired) electrons. The predicted octanol–water partition coefficient (Wildman–Crippen LogP) is 4.30. The molecule has 3 aromatic carbocycles. The van der Waals surface area contributed by atoms with Gasteiger partial charge in [-0.1, -0.05) is 24.6 Å². The fraction of sp³-hybridized carbons (Fsp3) is 0.267. The van der Waals surface area contributed by atoms with Gasteiger partial charge in [0.25, 0.3) is 10.1 Å². The van der Waals surface area contributed by atoms with E-state index in [1.54, 1.807) is 30.3 Å². The maximum atomic E-state index is 12.3. The maximum Gasteiger partial charge on any atom is 0.338 e. The van der Waals surface area contributed by atoms with Gasteiger partial charge in [-0.05, 0) is 73.0 Å². The quantitative estimate of drug-likeness (QED) is 0.197. The molecule has 0 aromatic heterocycles. The summed E-state index contributed by atoms with van der Waals surface area (Å²) in [4.78, 5) is 46.2. The van der Waals surface area contributed by atoms with E-state index in [9.17, 15) is 27.6 Å². The number of hydrogen-bond acceptors (Lipinski definition) is 11. The Morgan fingerprint density at radius 2 is 1.05 bits per heavy atom. The molecule has 0 unspecified atom stereocenters. The van der Waals surface area contributed by atoms with Crippen LogP contribution in [0.2, 0.25) is 0 Å². The summed E-state index contributed by atoms with van der Waals surface area (Å²) in [7, 11) is 1.04. The minimum absolute atomic E-state index is 0.00756. The zero-order chi connectivity index (χ0) is 31.4. The van der Waals surface area contributed by atoms with E-state index in [1.165, 1.54) is 58.8 Å². The van der Waals surface area contributed by atoms with Gasteiger partial charge in [-0.15, -0.1) is 0 Å². The molecule has 0 saturated carbocycles. The summed E-state index contributed by atoms with van der Waals surface area (Å²) >= 11 is 0. The Hall–Kier alpha value is -4.55. The van der Waals surface area contributed by atoms with E-state index in [2.05, 4.69) is 18.9 Å². The molecular weight excluding hydrogens is 568 g/mol. The average molecular weight is 601 g/mol. The van der Waals surface area contributed by atoms with Crippen LogP contribution in [-0.2, 0) is 46.3 Å². The molecule has 0 amide bonds. The van der Waals surface area contributed by atoms with E-state index in [-0.39, 0.29) is 21.6 Å². The predicted molar refractivity (Wildman–Crippen MR) is 151 cm³/mol. The highest BCUT2D eigenvalue weighted by molar-refractivity contribution is 7.86. The van der Waals surface area contributed by atoms with Crippen molar-refractivity contribution in [2.75, 3.05) is 28.4 Å². The molecule has 42 heavy (non-hydrogen) atoms. The number of carbonyl (C=O) groups excluding carboxylic acids is 4. The van der Waals surface area contributed by atoms with Gasteiger partial charge in [0.15, 0.2) is 0 Å². The molecule has 0 N–H and O–H groups in total. The Labute approximate surface area is 244 Å². The summed E-state index contributed by atoms with van der Waals surface area (Å²) in [5.74, 6) is -2.10. The molecule has 11 nitrogen and oxygen atoms in total. The maximum absolute atomic E-state index is 12.3. The van der Waals surface area contributed by atoms with Crippen molar-refractivity contribution in [2.24, 2.45) is 0 Å². The van der Waals surface area contributed by atoms with Gasteiger partial charge in [-0.3, -0.25) is 4.18 Å². The minimum Gasteiger partial charge on any atom is -0.465 e. The van der Waals surface area contributed by atoms with E-state index in [4.69, 9.17) is 4.18 Å². The summed E-state index contributed by atoms with van der Waals surface area (Å²) in [5.41, 5.74) is 3.04.